The number of rotatable bonds is 8. The molecule has 0 radical (unpaired) electrons. The number of benzene rings is 2. The summed E-state index contributed by atoms with van der Waals surface area (Å²) in [5.74, 6) is 1.34. The van der Waals surface area contributed by atoms with E-state index in [-0.39, 0.29) is 30.8 Å². The van der Waals surface area contributed by atoms with Crippen molar-refractivity contribution in [3.63, 3.8) is 0 Å². The topological polar surface area (TPSA) is 64.8 Å². The van der Waals surface area contributed by atoms with Crippen molar-refractivity contribution < 1.29 is 14.3 Å². The Kier molecular flexibility index (Phi) is 8.81. The highest BCUT2D eigenvalue weighted by Gasteiger charge is 2.15. The number of carbonyl (C=O) groups excluding carboxylic acids is 1. The van der Waals surface area contributed by atoms with Crippen LogP contribution in [0.25, 0.3) is 0 Å². The number of methoxy groups -OCH3 is 1. The van der Waals surface area contributed by atoms with E-state index in [1.165, 1.54) is 0 Å². The molecule has 0 bridgehead atoms. The highest BCUT2D eigenvalue weighted by atomic mass is 35.5. The Morgan fingerprint density at radius 1 is 1.08 bits per heavy atom. The maximum Gasteiger partial charge on any atom is 0.224 e. The fourth-order valence-electron chi connectivity index (χ4n) is 2.32. The van der Waals surface area contributed by atoms with Gasteiger partial charge in [0.05, 0.1) is 13.7 Å². The van der Waals surface area contributed by atoms with Gasteiger partial charge in [0.2, 0.25) is 5.91 Å². The lowest BCUT2D eigenvalue weighted by atomic mass is 10.0. The van der Waals surface area contributed by atoms with Crippen molar-refractivity contribution >= 4 is 18.3 Å². The number of para-hydroxylation sites is 2. The molecule has 5 nitrogen and oxygen atoms in total. The zero-order valence-electron chi connectivity index (χ0n) is 14.6. The molecule has 2 N–H and O–H groups in total. The zero-order chi connectivity index (χ0) is 17.4. The van der Waals surface area contributed by atoms with Gasteiger partial charge in [-0.05, 0) is 17.7 Å². The Morgan fingerprint density at radius 2 is 1.68 bits per heavy atom. The van der Waals surface area contributed by atoms with Crippen LogP contribution in [-0.2, 0) is 4.79 Å². The molecule has 1 unspecified atom stereocenters. The number of amides is 1. The van der Waals surface area contributed by atoms with E-state index < -0.39 is 0 Å². The molecule has 0 aliphatic rings. The van der Waals surface area contributed by atoms with Crippen LogP contribution >= 0.6 is 12.4 Å². The summed E-state index contributed by atoms with van der Waals surface area (Å²) in [4.78, 5) is 13.9. The quantitative estimate of drug-likeness (QED) is 0.781. The van der Waals surface area contributed by atoms with E-state index in [2.05, 4.69) is 0 Å². The van der Waals surface area contributed by atoms with Crippen LogP contribution < -0.4 is 15.2 Å². The summed E-state index contributed by atoms with van der Waals surface area (Å²) in [6.45, 7) is 0.877. The molecule has 2 rings (SSSR count). The van der Waals surface area contributed by atoms with Crippen LogP contribution in [0.5, 0.6) is 11.5 Å². The smallest absolute Gasteiger partial charge is 0.224 e. The number of nitrogens with zero attached hydrogens (tertiary/aromatic N) is 1. The number of halogens is 1. The van der Waals surface area contributed by atoms with Gasteiger partial charge >= 0.3 is 0 Å². The van der Waals surface area contributed by atoms with Crippen molar-refractivity contribution in [1.29, 1.82) is 0 Å². The predicted molar refractivity (Wildman–Crippen MR) is 101 cm³/mol. The van der Waals surface area contributed by atoms with Crippen LogP contribution in [0.1, 0.15) is 18.0 Å². The lowest BCUT2D eigenvalue weighted by molar-refractivity contribution is -0.130. The summed E-state index contributed by atoms with van der Waals surface area (Å²) in [5.41, 5.74) is 7.06. The molecule has 0 heterocycles. The average molecular weight is 365 g/mol. The third kappa shape index (κ3) is 6.29. The van der Waals surface area contributed by atoms with Crippen molar-refractivity contribution in [2.75, 3.05) is 27.3 Å². The molecule has 25 heavy (non-hydrogen) atoms. The molecule has 0 saturated carbocycles. The molecular formula is C19H25ClN2O3. The van der Waals surface area contributed by atoms with Gasteiger partial charge in [0.25, 0.3) is 0 Å². The maximum absolute atomic E-state index is 12.3. The number of likely N-dealkylation sites (N-methyl/N-ethyl adjacent to an activating group) is 1. The van der Waals surface area contributed by atoms with Gasteiger partial charge in [0, 0.05) is 19.5 Å². The Labute approximate surface area is 155 Å². The third-order valence-corrected chi connectivity index (χ3v) is 3.80. The van der Waals surface area contributed by atoms with Crippen LogP contribution in [0.2, 0.25) is 0 Å². The fraction of sp³-hybridized carbons (Fsp3) is 0.316. The van der Waals surface area contributed by atoms with Gasteiger partial charge in [-0.25, -0.2) is 0 Å². The molecule has 0 fully saturated rings. The summed E-state index contributed by atoms with van der Waals surface area (Å²) in [5, 5.41) is 0. The molecule has 136 valence electrons. The lowest BCUT2D eigenvalue weighted by Crippen LogP contribution is -2.33. The first-order valence-electron chi connectivity index (χ1n) is 7.92. The fourth-order valence-corrected chi connectivity index (χ4v) is 2.32. The first-order valence-corrected chi connectivity index (χ1v) is 7.92. The molecule has 0 aromatic heterocycles. The maximum atomic E-state index is 12.3. The largest absolute Gasteiger partial charge is 0.493 e. The van der Waals surface area contributed by atoms with E-state index in [0.717, 1.165) is 5.56 Å². The first kappa shape index (κ1) is 20.8. The molecule has 0 aliphatic heterocycles. The highest BCUT2D eigenvalue weighted by Crippen LogP contribution is 2.25. The molecule has 2 aromatic carbocycles. The molecule has 0 spiro atoms. The van der Waals surface area contributed by atoms with E-state index in [1.54, 1.807) is 19.1 Å². The minimum Gasteiger partial charge on any atom is -0.493 e. The van der Waals surface area contributed by atoms with E-state index in [4.69, 9.17) is 15.2 Å². The van der Waals surface area contributed by atoms with Crippen molar-refractivity contribution in [3.05, 3.63) is 60.2 Å². The number of ether oxygens (including phenoxy) is 2. The second-order valence-corrected chi connectivity index (χ2v) is 5.54. The molecule has 0 aliphatic carbocycles. The van der Waals surface area contributed by atoms with Crippen LogP contribution in [0.3, 0.4) is 0 Å². The standard InChI is InChI=1S/C19H24N2O3.ClH/c1-21(12-13-24-18-11-7-6-10-17(18)23-2)19(22)14-16(20)15-8-4-3-5-9-15;/h3-11,16H,12-14,20H2,1-2H3;1H. The average Bonchev–Trinajstić information content (AvgIpc) is 2.62. The van der Waals surface area contributed by atoms with E-state index in [0.29, 0.717) is 24.7 Å². The Hall–Kier alpha value is -2.24. The molecular weight excluding hydrogens is 340 g/mol. The van der Waals surface area contributed by atoms with Gasteiger partial charge in [-0.3, -0.25) is 4.79 Å². The van der Waals surface area contributed by atoms with Gasteiger partial charge in [-0.15, -0.1) is 12.4 Å². The SMILES string of the molecule is COc1ccccc1OCCN(C)C(=O)CC(N)c1ccccc1.Cl. The van der Waals surface area contributed by atoms with Crippen LogP contribution in [-0.4, -0.2) is 38.1 Å². The Bertz CT molecular complexity index is 652. The number of hydrogen-bond donors (Lipinski definition) is 1. The Morgan fingerprint density at radius 3 is 2.32 bits per heavy atom. The van der Waals surface area contributed by atoms with Crippen LogP contribution in [0, 0.1) is 0 Å². The molecule has 6 heteroatoms. The van der Waals surface area contributed by atoms with Crippen molar-refractivity contribution in [2.45, 2.75) is 12.5 Å². The van der Waals surface area contributed by atoms with Gasteiger partial charge in [-0.2, -0.15) is 0 Å². The molecule has 0 saturated heterocycles. The van der Waals surface area contributed by atoms with E-state index in [9.17, 15) is 4.79 Å². The second-order valence-electron chi connectivity index (χ2n) is 5.54. The summed E-state index contributed by atoms with van der Waals surface area (Å²) in [6, 6.07) is 16.8. The minimum atomic E-state index is -0.295. The van der Waals surface area contributed by atoms with Crippen molar-refractivity contribution in [1.82, 2.24) is 4.90 Å². The third-order valence-electron chi connectivity index (χ3n) is 3.80. The van der Waals surface area contributed by atoms with Crippen molar-refractivity contribution in [2.24, 2.45) is 5.73 Å². The predicted octanol–water partition coefficient (Wildman–Crippen LogP) is 3.04. The van der Waals surface area contributed by atoms with Gasteiger partial charge in [0.15, 0.2) is 11.5 Å². The van der Waals surface area contributed by atoms with Gasteiger partial charge in [0.1, 0.15) is 6.61 Å². The van der Waals surface area contributed by atoms with Gasteiger partial charge < -0.3 is 20.1 Å². The van der Waals surface area contributed by atoms with E-state index >= 15 is 0 Å². The summed E-state index contributed by atoms with van der Waals surface area (Å²) in [7, 11) is 3.36. The second kappa shape index (κ2) is 10.6. The minimum absolute atomic E-state index is 0. The molecule has 2 aromatic rings. The summed E-state index contributed by atoms with van der Waals surface area (Å²) < 4.78 is 10.9. The summed E-state index contributed by atoms with van der Waals surface area (Å²) >= 11 is 0. The summed E-state index contributed by atoms with van der Waals surface area (Å²) in [6.07, 6.45) is 0.273. The number of carbonyl (C=O) groups is 1. The van der Waals surface area contributed by atoms with Crippen LogP contribution in [0.15, 0.2) is 54.6 Å². The zero-order valence-corrected chi connectivity index (χ0v) is 15.4. The normalized spacial score (nSPS) is 11.2. The first-order chi connectivity index (χ1) is 11.6. The number of hydrogen-bond acceptors (Lipinski definition) is 4. The van der Waals surface area contributed by atoms with Gasteiger partial charge in [-0.1, -0.05) is 42.5 Å². The van der Waals surface area contributed by atoms with Crippen LogP contribution in [0.4, 0.5) is 0 Å². The Balaban J connectivity index is 0.00000312. The molecule has 1 amide bonds. The monoisotopic (exact) mass is 364 g/mol. The lowest BCUT2D eigenvalue weighted by Gasteiger charge is -2.20. The van der Waals surface area contributed by atoms with E-state index in [1.807, 2.05) is 54.6 Å². The number of nitrogens with two attached hydrogens (primary N) is 1. The van der Waals surface area contributed by atoms with Crippen molar-refractivity contribution in [3.8, 4) is 11.5 Å². The highest BCUT2D eigenvalue weighted by molar-refractivity contribution is 5.85. The molecule has 1 atom stereocenters.